The average Bonchev–Trinajstić information content (AvgIpc) is 2.36. The number of carbonyl (C=O) groups is 2. The van der Waals surface area contributed by atoms with Gasteiger partial charge in [-0.05, 0) is 26.0 Å². The molecule has 0 atom stereocenters. The Morgan fingerprint density at radius 3 is 2.47 bits per heavy atom. The number of para-hydroxylation sites is 1. The zero-order valence-electron chi connectivity index (χ0n) is 10.9. The van der Waals surface area contributed by atoms with Gasteiger partial charge in [0.25, 0.3) is 0 Å². The van der Waals surface area contributed by atoms with E-state index >= 15 is 0 Å². The smallest absolute Gasteiger partial charge is 0.141 e. The number of ketones is 2. The van der Waals surface area contributed by atoms with Crippen molar-refractivity contribution >= 4 is 22.5 Å². The molecule has 1 heterocycles. The van der Waals surface area contributed by atoms with Crippen molar-refractivity contribution in [1.29, 1.82) is 0 Å². The Morgan fingerprint density at radius 2 is 1.84 bits per heavy atom. The minimum absolute atomic E-state index is 0.0987. The van der Waals surface area contributed by atoms with Gasteiger partial charge in [-0.3, -0.25) is 9.59 Å². The third-order valence-corrected chi connectivity index (χ3v) is 3.15. The summed E-state index contributed by atoms with van der Waals surface area (Å²) >= 11 is 0. The van der Waals surface area contributed by atoms with Gasteiger partial charge in [-0.2, -0.15) is 0 Å². The van der Waals surface area contributed by atoms with E-state index in [2.05, 4.69) is 4.98 Å². The van der Waals surface area contributed by atoms with Crippen LogP contribution < -0.4 is 0 Å². The molecule has 0 fully saturated rings. The molecule has 0 aliphatic rings. The Bertz CT molecular complexity index is 635. The van der Waals surface area contributed by atoms with E-state index in [1.54, 1.807) is 18.2 Å². The van der Waals surface area contributed by atoms with Crippen molar-refractivity contribution in [1.82, 2.24) is 4.98 Å². The lowest BCUT2D eigenvalue weighted by Gasteiger charge is -2.10. The third-order valence-electron chi connectivity index (χ3n) is 3.15. The second kappa shape index (κ2) is 5.18. The van der Waals surface area contributed by atoms with Crippen LogP contribution in [0.3, 0.4) is 0 Å². The largest absolute Gasteiger partial charge is 0.506 e. The number of fused-ring (bicyclic) bond motifs is 1. The summed E-state index contributed by atoms with van der Waals surface area (Å²) in [6, 6.07) is 8.76. The minimum Gasteiger partial charge on any atom is -0.506 e. The first kappa shape index (κ1) is 13.2. The zero-order valence-corrected chi connectivity index (χ0v) is 10.9. The first-order valence-corrected chi connectivity index (χ1v) is 6.07. The number of Topliss-reactive ketones (excluding diaryl/α,β-unsaturated/α-hetero) is 2. The van der Waals surface area contributed by atoms with Crippen molar-refractivity contribution in [3.05, 3.63) is 36.0 Å². The number of benzene rings is 1. The number of phenols is 1. The van der Waals surface area contributed by atoms with Crippen molar-refractivity contribution in [3.63, 3.8) is 0 Å². The fraction of sp³-hybridized carbons (Fsp3) is 0.267. The van der Waals surface area contributed by atoms with Gasteiger partial charge in [0.15, 0.2) is 0 Å². The molecule has 0 bridgehead atoms. The van der Waals surface area contributed by atoms with E-state index in [-0.39, 0.29) is 23.7 Å². The molecule has 19 heavy (non-hydrogen) atoms. The van der Waals surface area contributed by atoms with Crippen LogP contribution >= 0.6 is 0 Å². The lowest BCUT2D eigenvalue weighted by Crippen LogP contribution is -2.22. The first-order valence-electron chi connectivity index (χ1n) is 6.07. The Kier molecular flexibility index (Phi) is 3.60. The monoisotopic (exact) mass is 257 g/mol. The standard InChI is InChI=1S/C15H15NO3/c1-9(17)13(10(2)18)8-12-7-6-11-4-3-5-14(19)15(11)16-12/h3-7,13,19H,8H2,1-2H3. The van der Waals surface area contributed by atoms with Crippen molar-refractivity contribution in [3.8, 4) is 5.75 Å². The molecule has 0 saturated heterocycles. The van der Waals surface area contributed by atoms with E-state index in [1.165, 1.54) is 13.8 Å². The highest BCUT2D eigenvalue weighted by molar-refractivity contribution is 6.00. The van der Waals surface area contributed by atoms with Crippen LogP contribution in [0.15, 0.2) is 30.3 Å². The average molecular weight is 257 g/mol. The molecule has 1 N–H and O–H groups in total. The molecular formula is C15H15NO3. The van der Waals surface area contributed by atoms with Crippen LogP contribution in [-0.2, 0) is 16.0 Å². The molecule has 0 spiro atoms. The topological polar surface area (TPSA) is 67.3 Å². The van der Waals surface area contributed by atoms with Crippen LogP contribution in [-0.4, -0.2) is 21.7 Å². The quantitative estimate of drug-likeness (QED) is 0.853. The number of aromatic nitrogens is 1. The molecule has 4 nitrogen and oxygen atoms in total. The van der Waals surface area contributed by atoms with Gasteiger partial charge >= 0.3 is 0 Å². The van der Waals surface area contributed by atoms with Gasteiger partial charge in [0.2, 0.25) is 0 Å². The van der Waals surface area contributed by atoms with Gasteiger partial charge in [-0.15, -0.1) is 0 Å². The summed E-state index contributed by atoms with van der Waals surface area (Å²) in [6.07, 6.45) is 0.273. The summed E-state index contributed by atoms with van der Waals surface area (Å²) < 4.78 is 0. The summed E-state index contributed by atoms with van der Waals surface area (Å²) in [5.41, 5.74) is 1.12. The van der Waals surface area contributed by atoms with E-state index in [0.29, 0.717) is 11.2 Å². The fourth-order valence-electron chi connectivity index (χ4n) is 2.07. The Hall–Kier alpha value is -2.23. The molecule has 2 rings (SSSR count). The molecule has 0 radical (unpaired) electrons. The fourth-order valence-corrected chi connectivity index (χ4v) is 2.07. The molecule has 0 aliphatic heterocycles. The maximum Gasteiger partial charge on any atom is 0.141 e. The van der Waals surface area contributed by atoms with Crippen LogP contribution in [0.5, 0.6) is 5.75 Å². The number of phenolic OH excluding ortho intramolecular Hbond substituents is 1. The van der Waals surface area contributed by atoms with Crippen LogP contribution in [0.2, 0.25) is 0 Å². The van der Waals surface area contributed by atoms with Crippen molar-refractivity contribution < 1.29 is 14.7 Å². The number of pyridine rings is 1. The van der Waals surface area contributed by atoms with Crippen molar-refractivity contribution in [2.75, 3.05) is 0 Å². The van der Waals surface area contributed by atoms with Gasteiger partial charge < -0.3 is 5.11 Å². The molecule has 1 aromatic heterocycles. The van der Waals surface area contributed by atoms with E-state index in [0.717, 1.165) is 5.39 Å². The highest BCUT2D eigenvalue weighted by atomic mass is 16.3. The molecule has 1 aromatic carbocycles. The lowest BCUT2D eigenvalue weighted by molar-refractivity contribution is -0.130. The van der Waals surface area contributed by atoms with Gasteiger partial charge in [-0.25, -0.2) is 4.98 Å². The molecule has 0 amide bonds. The second-order valence-corrected chi connectivity index (χ2v) is 4.63. The molecule has 0 unspecified atom stereocenters. The predicted molar refractivity (Wildman–Crippen MR) is 72.0 cm³/mol. The molecule has 4 heteroatoms. The van der Waals surface area contributed by atoms with Crippen molar-refractivity contribution in [2.24, 2.45) is 5.92 Å². The molecular weight excluding hydrogens is 242 g/mol. The lowest BCUT2D eigenvalue weighted by atomic mass is 9.95. The predicted octanol–water partition coefficient (Wildman–Crippen LogP) is 2.28. The van der Waals surface area contributed by atoms with Crippen LogP contribution in [0.25, 0.3) is 10.9 Å². The van der Waals surface area contributed by atoms with Gasteiger partial charge in [0.1, 0.15) is 22.8 Å². The van der Waals surface area contributed by atoms with E-state index < -0.39 is 5.92 Å². The molecule has 0 aliphatic carbocycles. The van der Waals surface area contributed by atoms with Crippen molar-refractivity contribution in [2.45, 2.75) is 20.3 Å². The van der Waals surface area contributed by atoms with Gasteiger partial charge in [0.05, 0.1) is 5.92 Å². The number of carbonyl (C=O) groups excluding carboxylic acids is 2. The Labute approximate surface area is 111 Å². The Balaban J connectivity index is 2.38. The number of hydrogen-bond donors (Lipinski definition) is 1. The summed E-state index contributed by atoms with van der Waals surface area (Å²) in [5, 5.41) is 10.6. The molecule has 0 saturated carbocycles. The third kappa shape index (κ3) is 2.78. The number of aromatic hydroxyl groups is 1. The van der Waals surface area contributed by atoms with Crippen LogP contribution in [0.4, 0.5) is 0 Å². The summed E-state index contributed by atoms with van der Waals surface area (Å²) in [7, 11) is 0. The number of nitrogens with zero attached hydrogens (tertiary/aromatic N) is 1. The van der Waals surface area contributed by atoms with E-state index in [9.17, 15) is 14.7 Å². The summed E-state index contributed by atoms with van der Waals surface area (Å²) in [4.78, 5) is 27.2. The second-order valence-electron chi connectivity index (χ2n) is 4.63. The normalized spacial score (nSPS) is 10.9. The minimum atomic E-state index is -0.657. The highest BCUT2D eigenvalue weighted by Gasteiger charge is 2.20. The van der Waals surface area contributed by atoms with Crippen LogP contribution in [0.1, 0.15) is 19.5 Å². The maximum atomic E-state index is 11.4. The number of hydrogen-bond acceptors (Lipinski definition) is 4. The van der Waals surface area contributed by atoms with Gasteiger partial charge in [0, 0.05) is 17.5 Å². The zero-order chi connectivity index (χ0) is 14.0. The van der Waals surface area contributed by atoms with Gasteiger partial charge in [-0.1, -0.05) is 18.2 Å². The van der Waals surface area contributed by atoms with Crippen LogP contribution in [0, 0.1) is 5.92 Å². The maximum absolute atomic E-state index is 11.4. The summed E-state index contributed by atoms with van der Waals surface area (Å²) in [5.74, 6) is -0.879. The highest BCUT2D eigenvalue weighted by Crippen LogP contribution is 2.23. The van der Waals surface area contributed by atoms with E-state index in [1.807, 2.05) is 12.1 Å². The summed E-state index contributed by atoms with van der Waals surface area (Å²) in [6.45, 7) is 2.81. The van der Waals surface area contributed by atoms with E-state index in [4.69, 9.17) is 0 Å². The number of rotatable bonds is 4. The molecule has 98 valence electrons. The molecule has 2 aromatic rings. The Morgan fingerprint density at radius 1 is 1.16 bits per heavy atom. The first-order chi connectivity index (χ1) is 8.99. The SMILES string of the molecule is CC(=O)C(Cc1ccc2cccc(O)c2n1)C(C)=O.